The van der Waals surface area contributed by atoms with Crippen molar-refractivity contribution in [3.05, 3.63) is 64.7 Å². The van der Waals surface area contributed by atoms with Crippen LogP contribution in [0, 0.1) is 0 Å². The third-order valence-electron chi connectivity index (χ3n) is 2.70. The van der Waals surface area contributed by atoms with Crippen LogP contribution in [0.5, 0.6) is 0 Å². The number of rotatable bonds is 3. The fourth-order valence-corrected chi connectivity index (χ4v) is 2.06. The van der Waals surface area contributed by atoms with E-state index < -0.39 is 0 Å². The van der Waals surface area contributed by atoms with Gasteiger partial charge in [0.05, 0.1) is 0 Å². The van der Waals surface area contributed by atoms with E-state index in [1.807, 2.05) is 12.1 Å². The van der Waals surface area contributed by atoms with Gasteiger partial charge >= 0.3 is 0 Å². The average molecular weight is 231 g/mol. The Bertz CT molecular complexity index is 433. The van der Waals surface area contributed by atoms with Crippen LogP contribution >= 0.6 is 11.6 Å². The molecule has 0 N–H and O–H groups in total. The zero-order valence-electron chi connectivity index (χ0n) is 9.41. The predicted octanol–water partition coefficient (Wildman–Crippen LogP) is 5.02. The summed E-state index contributed by atoms with van der Waals surface area (Å²) in [6.07, 6.45) is 10.8. The number of hydrogen-bond donors (Lipinski definition) is 0. The van der Waals surface area contributed by atoms with E-state index in [0.29, 0.717) is 0 Å². The maximum atomic E-state index is 5.91. The summed E-state index contributed by atoms with van der Waals surface area (Å²) in [5, 5.41) is 0.794. The SMILES string of the molecule is CCCC(=C1C=CC=C1)c1ccc(Cl)cc1. The van der Waals surface area contributed by atoms with Gasteiger partial charge in [-0.05, 0) is 35.3 Å². The van der Waals surface area contributed by atoms with Crippen LogP contribution in [-0.2, 0) is 0 Å². The minimum absolute atomic E-state index is 0.794. The van der Waals surface area contributed by atoms with Gasteiger partial charge in [0.2, 0.25) is 0 Å². The van der Waals surface area contributed by atoms with Crippen LogP contribution in [-0.4, -0.2) is 0 Å². The van der Waals surface area contributed by atoms with Crippen LogP contribution in [0.15, 0.2) is 54.1 Å². The number of hydrogen-bond acceptors (Lipinski definition) is 0. The lowest BCUT2D eigenvalue weighted by Gasteiger charge is -2.09. The average Bonchev–Trinajstić information content (AvgIpc) is 2.81. The molecule has 0 saturated carbocycles. The number of allylic oxidation sites excluding steroid dienone is 6. The molecule has 2 rings (SSSR count). The lowest BCUT2D eigenvalue weighted by atomic mass is 9.96. The zero-order chi connectivity index (χ0) is 11.4. The van der Waals surface area contributed by atoms with Crippen LogP contribution in [0.25, 0.3) is 5.57 Å². The lowest BCUT2D eigenvalue weighted by molar-refractivity contribution is 0.970. The van der Waals surface area contributed by atoms with Crippen molar-refractivity contribution in [2.24, 2.45) is 0 Å². The molecule has 0 aliphatic heterocycles. The van der Waals surface area contributed by atoms with Gasteiger partial charge < -0.3 is 0 Å². The fourth-order valence-electron chi connectivity index (χ4n) is 1.93. The minimum atomic E-state index is 0.794. The van der Waals surface area contributed by atoms with Crippen molar-refractivity contribution in [3.8, 4) is 0 Å². The first-order valence-electron chi connectivity index (χ1n) is 5.65. The summed E-state index contributed by atoms with van der Waals surface area (Å²) in [6, 6.07) is 8.10. The molecule has 0 aromatic heterocycles. The molecule has 0 fully saturated rings. The van der Waals surface area contributed by atoms with Crippen molar-refractivity contribution in [2.75, 3.05) is 0 Å². The van der Waals surface area contributed by atoms with Gasteiger partial charge in [0.15, 0.2) is 0 Å². The normalized spacial score (nSPS) is 13.5. The van der Waals surface area contributed by atoms with Gasteiger partial charge in [-0.2, -0.15) is 0 Å². The monoisotopic (exact) mass is 230 g/mol. The summed E-state index contributed by atoms with van der Waals surface area (Å²) in [4.78, 5) is 0. The summed E-state index contributed by atoms with van der Waals surface area (Å²) < 4.78 is 0. The molecule has 1 heteroatoms. The largest absolute Gasteiger partial charge is 0.0843 e. The van der Waals surface area contributed by atoms with E-state index in [4.69, 9.17) is 11.6 Å². The Labute approximate surface area is 102 Å². The Morgan fingerprint density at radius 3 is 2.25 bits per heavy atom. The summed E-state index contributed by atoms with van der Waals surface area (Å²) in [5.41, 5.74) is 4.01. The second-order valence-corrected chi connectivity index (χ2v) is 4.35. The summed E-state index contributed by atoms with van der Waals surface area (Å²) >= 11 is 5.91. The highest BCUT2D eigenvalue weighted by Crippen LogP contribution is 2.28. The Hall–Kier alpha value is -1.27. The molecular formula is C15H15Cl. The van der Waals surface area contributed by atoms with Crippen LogP contribution in [0.2, 0.25) is 5.02 Å². The molecule has 0 amide bonds. The van der Waals surface area contributed by atoms with Crippen LogP contribution in [0.3, 0.4) is 0 Å². The first-order chi connectivity index (χ1) is 7.81. The van der Waals surface area contributed by atoms with Crippen molar-refractivity contribution in [2.45, 2.75) is 19.8 Å². The topological polar surface area (TPSA) is 0 Å². The number of benzene rings is 1. The van der Waals surface area contributed by atoms with Gasteiger partial charge in [0.1, 0.15) is 0 Å². The van der Waals surface area contributed by atoms with E-state index in [2.05, 4.69) is 43.4 Å². The van der Waals surface area contributed by atoms with Gasteiger partial charge in [0, 0.05) is 5.02 Å². The highest BCUT2D eigenvalue weighted by atomic mass is 35.5. The molecule has 1 aliphatic carbocycles. The maximum absolute atomic E-state index is 5.91. The smallest absolute Gasteiger partial charge is 0.0406 e. The van der Waals surface area contributed by atoms with E-state index >= 15 is 0 Å². The van der Waals surface area contributed by atoms with Gasteiger partial charge in [-0.25, -0.2) is 0 Å². The molecule has 1 aromatic carbocycles. The van der Waals surface area contributed by atoms with E-state index in [0.717, 1.165) is 17.9 Å². The van der Waals surface area contributed by atoms with E-state index in [-0.39, 0.29) is 0 Å². The number of halogens is 1. The lowest BCUT2D eigenvalue weighted by Crippen LogP contribution is -1.88. The molecule has 0 saturated heterocycles. The Kier molecular flexibility index (Phi) is 3.63. The fraction of sp³-hybridized carbons (Fsp3) is 0.200. The first-order valence-corrected chi connectivity index (χ1v) is 6.03. The predicted molar refractivity (Wildman–Crippen MR) is 71.6 cm³/mol. The van der Waals surface area contributed by atoms with Gasteiger partial charge in [-0.1, -0.05) is 61.4 Å². The third kappa shape index (κ3) is 2.45. The molecule has 0 radical (unpaired) electrons. The van der Waals surface area contributed by atoms with E-state index in [1.54, 1.807) is 0 Å². The molecular weight excluding hydrogens is 216 g/mol. The summed E-state index contributed by atoms with van der Waals surface area (Å²) in [7, 11) is 0. The molecule has 0 spiro atoms. The second-order valence-electron chi connectivity index (χ2n) is 3.91. The molecule has 0 nitrogen and oxygen atoms in total. The van der Waals surface area contributed by atoms with Gasteiger partial charge in [0.25, 0.3) is 0 Å². The van der Waals surface area contributed by atoms with Crippen LogP contribution in [0.1, 0.15) is 25.3 Å². The molecule has 0 heterocycles. The molecule has 0 bridgehead atoms. The van der Waals surface area contributed by atoms with E-state index in [9.17, 15) is 0 Å². The molecule has 0 unspecified atom stereocenters. The molecule has 1 aromatic rings. The van der Waals surface area contributed by atoms with Crippen molar-refractivity contribution in [3.63, 3.8) is 0 Å². The van der Waals surface area contributed by atoms with Crippen molar-refractivity contribution >= 4 is 17.2 Å². The van der Waals surface area contributed by atoms with Gasteiger partial charge in [-0.3, -0.25) is 0 Å². The zero-order valence-corrected chi connectivity index (χ0v) is 10.2. The molecule has 16 heavy (non-hydrogen) atoms. The van der Waals surface area contributed by atoms with Crippen molar-refractivity contribution < 1.29 is 0 Å². The van der Waals surface area contributed by atoms with Crippen molar-refractivity contribution in [1.82, 2.24) is 0 Å². The molecule has 82 valence electrons. The Morgan fingerprint density at radius 2 is 1.69 bits per heavy atom. The second kappa shape index (κ2) is 5.18. The van der Waals surface area contributed by atoms with Crippen LogP contribution < -0.4 is 0 Å². The van der Waals surface area contributed by atoms with Crippen molar-refractivity contribution in [1.29, 1.82) is 0 Å². The quantitative estimate of drug-likeness (QED) is 0.684. The Morgan fingerprint density at radius 1 is 1.06 bits per heavy atom. The summed E-state index contributed by atoms with van der Waals surface area (Å²) in [6.45, 7) is 2.21. The third-order valence-corrected chi connectivity index (χ3v) is 2.96. The highest BCUT2D eigenvalue weighted by molar-refractivity contribution is 6.30. The highest BCUT2D eigenvalue weighted by Gasteiger charge is 2.06. The molecule has 1 aliphatic rings. The molecule has 0 atom stereocenters. The van der Waals surface area contributed by atoms with Gasteiger partial charge in [-0.15, -0.1) is 0 Å². The van der Waals surface area contributed by atoms with E-state index in [1.165, 1.54) is 16.7 Å². The standard InChI is InChI=1S/C15H15Cl/c1-2-5-15(12-6-3-4-7-12)13-8-10-14(16)11-9-13/h3-4,6-11H,2,5H2,1H3. The minimum Gasteiger partial charge on any atom is -0.0843 e. The Balaban J connectivity index is 2.40. The maximum Gasteiger partial charge on any atom is 0.0406 e. The first kappa shape index (κ1) is 11.2. The summed E-state index contributed by atoms with van der Waals surface area (Å²) in [5.74, 6) is 0. The van der Waals surface area contributed by atoms with Crippen LogP contribution in [0.4, 0.5) is 0 Å².